The standard InChI is InChI=1S/C23H34N4O3S2/c1-3-19-17-20(18(2)24-23(19)28)21-7-8-22(31-21)32(29,30)27-15-13-26(14-16-27)12-11-25-9-5-4-6-10-25/h7-8,17H,3-6,9-16H2,1-2H3,(H,24,28). The largest absolute Gasteiger partial charge is 0.326 e. The number of sulfonamides is 1. The molecule has 4 heterocycles. The van der Waals surface area contributed by atoms with Gasteiger partial charge in [-0.25, -0.2) is 8.42 Å². The van der Waals surface area contributed by atoms with Gasteiger partial charge in [-0.2, -0.15) is 4.31 Å². The lowest BCUT2D eigenvalue weighted by atomic mass is 10.1. The zero-order valence-electron chi connectivity index (χ0n) is 19.1. The second-order valence-corrected chi connectivity index (χ2v) is 12.0. The van der Waals surface area contributed by atoms with Crippen LogP contribution in [-0.4, -0.2) is 79.9 Å². The third-order valence-corrected chi connectivity index (χ3v) is 10.1. The van der Waals surface area contributed by atoms with Crippen LogP contribution in [0.25, 0.3) is 10.4 Å². The summed E-state index contributed by atoms with van der Waals surface area (Å²) in [6, 6.07) is 5.44. The average Bonchev–Trinajstić information content (AvgIpc) is 3.30. The van der Waals surface area contributed by atoms with Gasteiger partial charge in [0.05, 0.1) is 0 Å². The monoisotopic (exact) mass is 478 g/mol. The molecule has 0 unspecified atom stereocenters. The van der Waals surface area contributed by atoms with Crippen molar-refractivity contribution in [2.24, 2.45) is 0 Å². The van der Waals surface area contributed by atoms with E-state index in [1.54, 1.807) is 10.4 Å². The summed E-state index contributed by atoms with van der Waals surface area (Å²) >= 11 is 1.28. The minimum atomic E-state index is -3.50. The Morgan fingerprint density at radius 3 is 2.28 bits per heavy atom. The van der Waals surface area contributed by atoms with Gasteiger partial charge in [-0.3, -0.25) is 9.69 Å². The van der Waals surface area contributed by atoms with Crippen molar-refractivity contribution < 1.29 is 8.42 Å². The number of aromatic amines is 1. The summed E-state index contributed by atoms with van der Waals surface area (Å²) in [5, 5.41) is 0. The van der Waals surface area contributed by atoms with Crippen LogP contribution in [-0.2, 0) is 16.4 Å². The van der Waals surface area contributed by atoms with Gasteiger partial charge in [-0.1, -0.05) is 13.3 Å². The lowest BCUT2D eigenvalue weighted by Gasteiger charge is -2.35. The number of nitrogens with zero attached hydrogens (tertiary/aromatic N) is 3. The molecular formula is C23H34N4O3S2. The Morgan fingerprint density at radius 1 is 0.969 bits per heavy atom. The molecule has 0 amide bonds. The van der Waals surface area contributed by atoms with E-state index >= 15 is 0 Å². The van der Waals surface area contributed by atoms with Gasteiger partial charge in [0, 0.05) is 61.0 Å². The molecule has 9 heteroatoms. The normalized spacial score (nSPS) is 19.4. The van der Waals surface area contributed by atoms with E-state index in [1.807, 2.05) is 26.0 Å². The number of aryl methyl sites for hydroxylation is 2. The summed E-state index contributed by atoms with van der Waals surface area (Å²) in [6.07, 6.45) is 4.58. The molecule has 32 heavy (non-hydrogen) atoms. The zero-order chi connectivity index (χ0) is 22.7. The van der Waals surface area contributed by atoms with Gasteiger partial charge in [-0.15, -0.1) is 11.3 Å². The minimum Gasteiger partial charge on any atom is -0.326 e. The summed E-state index contributed by atoms with van der Waals surface area (Å²) in [6.45, 7) is 10.9. The fourth-order valence-electron chi connectivity index (χ4n) is 4.57. The molecule has 0 atom stereocenters. The first kappa shape index (κ1) is 23.6. The maximum absolute atomic E-state index is 13.3. The molecule has 0 spiro atoms. The Kier molecular flexibility index (Phi) is 7.51. The van der Waals surface area contributed by atoms with E-state index in [4.69, 9.17) is 0 Å². The smallest absolute Gasteiger partial charge is 0.252 e. The molecule has 176 valence electrons. The summed E-state index contributed by atoms with van der Waals surface area (Å²) in [4.78, 5) is 20.7. The lowest BCUT2D eigenvalue weighted by molar-refractivity contribution is 0.149. The Morgan fingerprint density at radius 2 is 1.62 bits per heavy atom. The fourth-order valence-corrected chi connectivity index (χ4v) is 7.53. The van der Waals surface area contributed by atoms with Crippen LogP contribution in [0.2, 0.25) is 0 Å². The highest BCUT2D eigenvalue weighted by molar-refractivity contribution is 7.91. The molecule has 0 aromatic carbocycles. The second-order valence-electron chi connectivity index (χ2n) is 8.78. The number of thiophene rings is 1. The molecule has 0 saturated carbocycles. The number of aromatic nitrogens is 1. The third-order valence-electron chi connectivity index (χ3n) is 6.65. The summed E-state index contributed by atoms with van der Waals surface area (Å²) < 4.78 is 28.5. The maximum Gasteiger partial charge on any atom is 0.252 e. The van der Waals surface area contributed by atoms with Gasteiger partial charge in [0.25, 0.3) is 15.6 Å². The molecule has 0 aliphatic carbocycles. The predicted octanol–water partition coefficient (Wildman–Crippen LogP) is 2.77. The van der Waals surface area contributed by atoms with E-state index in [-0.39, 0.29) is 5.56 Å². The Hall–Kier alpha value is -1.52. The number of likely N-dealkylation sites (tertiary alicyclic amines) is 1. The molecule has 2 aromatic rings. The highest BCUT2D eigenvalue weighted by Gasteiger charge is 2.30. The van der Waals surface area contributed by atoms with Crippen molar-refractivity contribution in [3.8, 4) is 10.4 Å². The van der Waals surface area contributed by atoms with Crippen molar-refractivity contribution in [1.29, 1.82) is 0 Å². The van der Waals surface area contributed by atoms with E-state index in [0.29, 0.717) is 29.3 Å². The Labute approximate surface area is 195 Å². The number of hydrogen-bond acceptors (Lipinski definition) is 6. The molecule has 1 N–H and O–H groups in total. The number of nitrogens with one attached hydrogen (secondary N) is 1. The molecule has 2 aromatic heterocycles. The molecule has 2 fully saturated rings. The van der Waals surface area contributed by atoms with Crippen LogP contribution >= 0.6 is 11.3 Å². The van der Waals surface area contributed by atoms with E-state index in [9.17, 15) is 13.2 Å². The van der Waals surface area contributed by atoms with Crippen molar-refractivity contribution in [3.63, 3.8) is 0 Å². The molecule has 7 nitrogen and oxygen atoms in total. The van der Waals surface area contributed by atoms with Crippen molar-refractivity contribution in [1.82, 2.24) is 19.1 Å². The first-order valence-corrected chi connectivity index (χ1v) is 13.9. The fraction of sp³-hybridized carbons (Fsp3) is 0.609. The van der Waals surface area contributed by atoms with E-state index in [2.05, 4.69) is 14.8 Å². The van der Waals surface area contributed by atoms with Gasteiger partial charge in [-0.05, 0) is 57.5 Å². The number of piperazine rings is 1. The number of H-pyrrole nitrogens is 1. The van der Waals surface area contributed by atoms with Crippen LogP contribution < -0.4 is 5.56 Å². The molecule has 2 aliphatic heterocycles. The van der Waals surface area contributed by atoms with Crippen LogP contribution in [0.4, 0.5) is 0 Å². The van der Waals surface area contributed by atoms with E-state index in [1.165, 1.54) is 43.7 Å². The highest BCUT2D eigenvalue weighted by Crippen LogP contribution is 2.34. The number of hydrogen-bond donors (Lipinski definition) is 1. The first-order chi connectivity index (χ1) is 15.4. The molecule has 0 radical (unpaired) electrons. The molecule has 0 bridgehead atoms. The maximum atomic E-state index is 13.3. The average molecular weight is 479 g/mol. The molecule has 2 saturated heterocycles. The topological polar surface area (TPSA) is 76.7 Å². The molecule has 2 aliphatic rings. The van der Waals surface area contributed by atoms with Crippen LogP contribution in [0.3, 0.4) is 0 Å². The number of rotatable bonds is 7. The third kappa shape index (κ3) is 5.17. The summed E-state index contributed by atoms with van der Waals surface area (Å²) in [7, 11) is -3.50. The van der Waals surface area contributed by atoms with Crippen molar-refractivity contribution in [2.45, 2.75) is 43.7 Å². The SMILES string of the molecule is CCc1cc(-c2ccc(S(=O)(=O)N3CCN(CCN4CCCCC4)CC3)s2)c(C)[nH]c1=O. The van der Waals surface area contributed by atoms with Gasteiger partial charge >= 0.3 is 0 Å². The quantitative estimate of drug-likeness (QED) is 0.662. The zero-order valence-corrected chi connectivity index (χ0v) is 20.7. The first-order valence-electron chi connectivity index (χ1n) is 11.7. The minimum absolute atomic E-state index is 0.0729. The van der Waals surface area contributed by atoms with Crippen molar-refractivity contribution >= 4 is 21.4 Å². The molecule has 4 rings (SSSR count). The van der Waals surface area contributed by atoms with Gasteiger partial charge < -0.3 is 9.88 Å². The van der Waals surface area contributed by atoms with Gasteiger partial charge in [0.15, 0.2) is 0 Å². The summed E-state index contributed by atoms with van der Waals surface area (Å²) in [5.41, 5.74) is 2.30. The Bertz CT molecular complexity index is 1080. The number of piperidine rings is 1. The lowest BCUT2D eigenvalue weighted by Crippen LogP contribution is -2.50. The van der Waals surface area contributed by atoms with Crippen molar-refractivity contribution in [2.75, 3.05) is 52.4 Å². The molecular weight excluding hydrogens is 444 g/mol. The van der Waals surface area contributed by atoms with Gasteiger partial charge in [0.1, 0.15) is 4.21 Å². The summed E-state index contributed by atoms with van der Waals surface area (Å²) in [5.74, 6) is 0. The second kappa shape index (κ2) is 10.2. The van der Waals surface area contributed by atoms with Crippen LogP contribution in [0.15, 0.2) is 27.2 Å². The van der Waals surface area contributed by atoms with Crippen LogP contribution in [0.1, 0.15) is 37.4 Å². The number of pyridine rings is 1. The predicted molar refractivity (Wildman–Crippen MR) is 130 cm³/mol. The highest BCUT2D eigenvalue weighted by atomic mass is 32.2. The Balaban J connectivity index is 1.40. The van der Waals surface area contributed by atoms with E-state index < -0.39 is 10.0 Å². The van der Waals surface area contributed by atoms with E-state index in [0.717, 1.165) is 42.3 Å². The van der Waals surface area contributed by atoms with Gasteiger partial charge in [0.2, 0.25) is 0 Å². The van der Waals surface area contributed by atoms with Crippen LogP contribution in [0, 0.1) is 6.92 Å². The van der Waals surface area contributed by atoms with Crippen LogP contribution in [0.5, 0.6) is 0 Å². The van der Waals surface area contributed by atoms with Crippen molar-refractivity contribution in [3.05, 3.63) is 39.8 Å².